The Balaban J connectivity index is 1.05. The predicted molar refractivity (Wildman–Crippen MR) is 249 cm³/mol. The number of hydrogen-bond donors (Lipinski definition) is 0. The van der Waals surface area contributed by atoms with Crippen LogP contribution in [0.3, 0.4) is 0 Å². The second-order valence-electron chi connectivity index (χ2n) is 15.3. The molecule has 0 aliphatic heterocycles. The summed E-state index contributed by atoms with van der Waals surface area (Å²) in [6, 6.07) is 78.7. The summed E-state index contributed by atoms with van der Waals surface area (Å²) in [6.07, 6.45) is 0. The zero-order chi connectivity index (χ0) is 38.9. The lowest BCUT2D eigenvalue weighted by atomic mass is 9.93. The molecule has 0 saturated heterocycles. The highest BCUT2D eigenvalue weighted by Gasteiger charge is 2.20. The van der Waals surface area contributed by atoms with Gasteiger partial charge in [-0.3, -0.25) is 0 Å². The molecule has 0 fully saturated rings. The second kappa shape index (κ2) is 13.4. The molecule has 0 radical (unpaired) electrons. The molecule has 0 bridgehead atoms. The van der Waals surface area contributed by atoms with E-state index in [1.165, 1.54) is 65.6 Å². The van der Waals surface area contributed by atoms with Crippen LogP contribution >= 0.6 is 0 Å². The van der Waals surface area contributed by atoms with Crippen molar-refractivity contribution in [2.75, 3.05) is 4.90 Å². The molecule has 3 nitrogen and oxygen atoms in total. The largest absolute Gasteiger partial charge is 0.456 e. The van der Waals surface area contributed by atoms with Gasteiger partial charge in [0.15, 0.2) is 0 Å². The first-order valence-electron chi connectivity index (χ1n) is 20.2. The summed E-state index contributed by atoms with van der Waals surface area (Å²) in [4.78, 5) is 2.37. The van der Waals surface area contributed by atoms with Crippen LogP contribution < -0.4 is 4.90 Å². The fraction of sp³-hybridized carbons (Fsp3) is 0. The monoisotopic (exact) mass is 752 g/mol. The number of furan rings is 1. The fourth-order valence-corrected chi connectivity index (χ4v) is 9.22. The van der Waals surface area contributed by atoms with Crippen LogP contribution in [0, 0.1) is 0 Å². The van der Waals surface area contributed by atoms with Gasteiger partial charge in [-0.2, -0.15) is 0 Å². The Morgan fingerprint density at radius 3 is 1.63 bits per heavy atom. The summed E-state index contributed by atoms with van der Waals surface area (Å²) in [5.41, 5.74) is 13.1. The molecule has 2 aromatic heterocycles. The summed E-state index contributed by atoms with van der Waals surface area (Å²) < 4.78 is 9.08. The Bertz CT molecular complexity index is 3510. The zero-order valence-corrected chi connectivity index (χ0v) is 32.1. The van der Waals surface area contributed by atoms with Gasteiger partial charge in [0.1, 0.15) is 11.2 Å². The standard InChI is InChI=1S/C56H36N2O/c1-3-13-37(14-4-1)46-29-26-42(34-51(46)38-15-5-2-6-16-38)57(41-25-30-47-40(33-41)24-23-39-17-7-8-18-45(39)47)44-27-31-50-52-35-43(28-32-55(52)59-56(50)36-44)58-53-21-11-9-19-48(53)49-20-10-12-22-54(49)58/h1-36H. The van der Waals surface area contributed by atoms with Crippen LogP contribution in [0.25, 0.3) is 93.2 Å². The number of para-hydroxylation sites is 2. The van der Waals surface area contributed by atoms with Crippen molar-refractivity contribution in [3.63, 3.8) is 0 Å². The highest BCUT2D eigenvalue weighted by atomic mass is 16.3. The van der Waals surface area contributed by atoms with Crippen molar-refractivity contribution in [2.24, 2.45) is 0 Å². The van der Waals surface area contributed by atoms with Crippen molar-refractivity contribution in [1.82, 2.24) is 4.57 Å². The van der Waals surface area contributed by atoms with E-state index >= 15 is 0 Å². The van der Waals surface area contributed by atoms with Crippen LogP contribution in [0.1, 0.15) is 0 Å². The van der Waals surface area contributed by atoms with Gasteiger partial charge in [-0.25, -0.2) is 0 Å². The molecule has 0 spiro atoms. The van der Waals surface area contributed by atoms with E-state index in [-0.39, 0.29) is 0 Å². The highest BCUT2D eigenvalue weighted by Crippen LogP contribution is 2.44. The molecule has 0 N–H and O–H groups in total. The lowest BCUT2D eigenvalue weighted by Gasteiger charge is -2.27. The number of anilines is 3. The van der Waals surface area contributed by atoms with Gasteiger partial charge in [0, 0.05) is 50.4 Å². The van der Waals surface area contributed by atoms with E-state index in [0.29, 0.717) is 0 Å². The minimum Gasteiger partial charge on any atom is -0.456 e. The third kappa shape index (κ3) is 5.44. The predicted octanol–water partition coefficient (Wildman–Crippen LogP) is 15.8. The van der Waals surface area contributed by atoms with Gasteiger partial charge in [0.25, 0.3) is 0 Å². The summed E-state index contributed by atoms with van der Waals surface area (Å²) in [6.45, 7) is 0. The molecular weight excluding hydrogens is 717 g/mol. The van der Waals surface area contributed by atoms with Gasteiger partial charge in [-0.05, 0) is 111 Å². The number of hydrogen-bond acceptors (Lipinski definition) is 2. The number of benzene rings is 10. The third-order valence-electron chi connectivity index (χ3n) is 12.0. The van der Waals surface area contributed by atoms with Gasteiger partial charge in [-0.1, -0.05) is 146 Å². The van der Waals surface area contributed by atoms with E-state index in [0.717, 1.165) is 44.7 Å². The molecule has 59 heavy (non-hydrogen) atoms. The normalized spacial score (nSPS) is 11.7. The van der Waals surface area contributed by atoms with E-state index < -0.39 is 0 Å². The minimum atomic E-state index is 0.845. The summed E-state index contributed by atoms with van der Waals surface area (Å²) in [5, 5.41) is 9.60. The molecule has 0 amide bonds. The Kier molecular flexibility index (Phi) is 7.54. The fourth-order valence-electron chi connectivity index (χ4n) is 9.22. The Hall–Kier alpha value is -7.88. The van der Waals surface area contributed by atoms with Crippen molar-refractivity contribution < 1.29 is 4.42 Å². The van der Waals surface area contributed by atoms with Crippen LogP contribution in [0.5, 0.6) is 0 Å². The van der Waals surface area contributed by atoms with E-state index in [4.69, 9.17) is 4.42 Å². The molecule has 12 rings (SSSR count). The van der Waals surface area contributed by atoms with Gasteiger partial charge in [0.05, 0.1) is 11.0 Å². The average molecular weight is 753 g/mol. The van der Waals surface area contributed by atoms with Crippen LogP contribution in [-0.2, 0) is 0 Å². The third-order valence-corrected chi connectivity index (χ3v) is 12.0. The van der Waals surface area contributed by atoms with Gasteiger partial charge in [0.2, 0.25) is 0 Å². The molecule has 0 saturated carbocycles. The SMILES string of the molecule is c1ccc(-c2ccc(N(c3ccc4c(ccc5ccccc54)c3)c3ccc4c(c3)oc3ccc(-n5c6ccccc6c6ccccc65)cc34)cc2-c2ccccc2)cc1. The molecule has 276 valence electrons. The van der Waals surface area contributed by atoms with Crippen molar-refractivity contribution in [3.05, 3.63) is 218 Å². The lowest BCUT2D eigenvalue weighted by molar-refractivity contribution is 0.669. The second-order valence-corrected chi connectivity index (χ2v) is 15.3. The lowest BCUT2D eigenvalue weighted by Crippen LogP contribution is -2.10. The smallest absolute Gasteiger partial charge is 0.137 e. The van der Waals surface area contributed by atoms with Gasteiger partial charge in [-0.15, -0.1) is 0 Å². The van der Waals surface area contributed by atoms with Crippen molar-refractivity contribution in [2.45, 2.75) is 0 Å². The first-order valence-corrected chi connectivity index (χ1v) is 20.2. The Morgan fingerprint density at radius 2 is 0.881 bits per heavy atom. The van der Waals surface area contributed by atoms with Crippen LogP contribution in [0.4, 0.5) is 17.1 Å². The molecule has 2 heterocycles. The van der Waals surface area contributed by atoms with Crippen LogP contribution in [-0.4, -0.2) is 4.57 Å². The number of fused-ring (bicyclic) bond motifs is 9. The van der Waals surface area contributed by atoms with Crippen LogP contribution in [0.15, 0.2) is 223 Å². The summed E-state index contributed by atoms with van der Waals surface area (Å²) >= 11 is 0. The average Bonchev–Trinajstić information content (AvgIpc) is 3.84. The van der Waals surface area contributed by atoms with E-state index in [1.54, 1.807) is 0 Å². The Morgan fingerprint density at radius 1 is 0.322 bits per heavy atom. The first-order chi connectivity index (χ1) is 29.2. The number of nitrogens with zero attached hydrogens (tertiary/aromatic N) is 2. The topological polar surface area (TPSA) is 21.3 Å². The van der Waals surface area contributed by atoms with E-state index in [9.17, 15) is 0 Å². The maximum Gasteiger partial charge on any atom is 0.137 e. The molecule has 0 aliphatic rings. The molecule has 0 unspecified atom stereocenters. The summed E-state index contributed by atoms with van der Waals surface area (Å²) in [7, 11) is 0. The first kappa shape index (κ1) is 33.3. The van der Waals surface area contributed by atoms with E-state index in [1.807, 2.05) is 0 Å². The van der Waals surface area contributed by atoms with Crippen molar-refractivity contribution >= 4 is 82.4 Å². The van der Waals surface area contributed by atoms with E-state index in [2.05, 4.69) is 228 Å². The van der Waals surface area contributed by atoms with Crippen molar-refractivity contribution in [1.29, 1.82) is 0 Å². The number of aromatic nitrogens is 1. The molecule has 3 heteroatoms. The molecule has 0 atom stereocenters. The van der Waals surface area contributed by atoms with Crippen molar-refractivity contribution in [3.8, 4) is 27.9 Å². The molecular formula is C56H36N2O. The maximum absolute atomic E-state index is 6.71. The molecule has 0 aliphatic carbocycles. The molecule has 10 aromatic carbocycles. The van der Waals surface area contributed by atoms with Gasteiger partial charge >= 0.3 is 0 Å². The quantitative estimate of drug-likeness (QED) is 0.158. The minimum absolute atomic E-state index is 0.845. The van der Waals surface area contributed by atoms with Gasteiger partial charge < -0.3 is 13.9 Å². The van der Waals surface area contributed by atoms with Crippen LogP contribution in [0.2, 0.25) is 0 Å². The molecule has 12 aromatic rings. The highest BCUT2D eigenvalue weighted by molar-refractivity contribution is 6.12. The maximum atomic E-state index is 6.71. The zero-order valence-electron chi connectivity index (χ0n) is 32.1. The summed E-state index contributed by atoms with van der Waals surface area (Å²) in [5.74, 6) is 0. The Labute approximate surface area is 341 Å². The number of rotatable bonds is 6.